The van der Waals surface area contributed by atoms with Gasteiger partial charge in [0.15, 0.2) is 0 Å². The first-order valence-corrected chi connectivity index (χ1v) is 9.16. The van der Waals surface area contributed by atoms with Crippen LogP contribution in [0.15, 0.2) is 0 Å². The van der Waals surface area contributed by atoms with Gasteiger partial charge >= 0.3 is 0 Å². The molecule has 0 aromatic heterocycles. The largest absolute Gasteiger partial charge is 0.329 e. The van der Waals surface area contributed by atoms with Crippen molar-refractivity contribution in [3.8, 4) is 0 Å². The quantitative estimate of drug-likeness (QED) is 0.868. The molecule has 0 bridgehead atoms. The van der Waals surface area contributed by atoms with Crippen molar-refractivity contribution in [3.63, 3.8) is 0 Å². The Morgan fingerprint density at radius 3 is 2.14 bits per heavy atom. The molecule has 0 radical (unpaired) electrons. The Labute approximate surface area is 131 Å². The summed E-state index contributed by atoms with van der Waals surface area (Å²) in [5.41, 5.74) is 7.04. The van der Waals surface area contributed by atoms with Crippen LogP contribution in [-0.4, -0.2) is 54.1 Å². The Morgan fingerprint density at radius 1 is 1.05 bits per heavy atom. The molecule has 3 aliphatic rings. The molecular weight excluding hydrogens is 258 g/mol. The Morgan fingerprint density at radius 2 is 1.67 bits per heavy atom. The van der Waals surface area contributed by atoms with Crippen molar-refractivity contribution in [2.24, 2.45) is 17.1 Å². The van der Waals surface area contributed by atoms with Crippen LogP contribution in [0.5, 0.6) is 0 Å². The third-order valence-electron chi connectivity index (χ3n) is 6.70. The third-order valence-corrected chi connectivity index (χ3v) is 6.70. The number of rotatable bonds is 3. The first kappa shape index (κ1) is 15.8. The van der Waals surface area contributed by atoms with Gasteiger partial charge in [-0.15, -0.1) is 0 Å². The average Bonchev–Trinajstić information content (AvgIpc) is 3.05. The Bertz CT molecular complexity index is 353. The molecule has 2 N–H and O–H groups in total. The van der Waals surface area contributed by atoms with Crippen LogP contribution in [0, 0.1) is 11.3 Å². The van der Waals surface area contributed by atoms with Crippen molar-refractivity contribution in [2.75, 3.05) is 32.7 Å². The second-order valence-corrected chi connectivity index (χ2v) is 8.72. The van der Waals surface area contributed by atoms with Gasteiger partial charge in [-0.1, -0.05) is 33.6 Å². The molecule has 2 unspecified atom stereocenters. The van der Waals surface area contributed by atoms with E-state index in [0.29, 0.717) is 5.41 Å². The highest BCUT2D eigenvalue weighted by Crippen LogP contribution is 2.50. The van der Waals surface area contributed by atoms with E-state index < -0.39 is 0 Å². The maximum absolute atomic E-state index is 6.31. The molecule has 2 aliphatic carbocycles. The summed E-state index contributed by atoms with van der Waals surface area (Å²) in [6.07, 6.45) is 8.37. The molecule has 0 aromatic carbocycles. The van der Waals surface area contributed by atoms with Gasteiger partial charge < -0.3 is 5.73 Å². The lowest BCUT2D eigenvalue weighted by Crippen LogP contribution is -2.62. The van der Waals surface area contributed by atoms with Crippen LogP contribution in [-0.2, 0) is 0 Å². The average molecular weight is 293 g/mol. The first-order valence-electron chi connectivity index (χ1n) is 9.16. The van der Waals surface area contributed by atoms with Crippen LogP contribution in [0.3, 0.4) is 0 Å². The SMILES string of the molecule is CC1CC(C)(C)CC1(CN)N1CCN(C2CCCC2)CC1. The molecular formula is C18H35N3. The Hall–Kier alpha value is -0.120. The fraction of sp³-hybridized carbons (Fsp3) is 1.00. The van der Waals surface area contributed by atoms with E-state index in [1.807, 2.05) is 0 Å². The van der Waals surface area contributed by atoms with Crippen molar-refractivity contribution < 1.29 is 0 Å². The van der Waals surface area contributed by atoms with Crippen LogP contribution in [0.2, 0.25) is 0 Å². The monoisotopic (exact) mass is 293 g/mol. The maximum atomic E-state index is 6.31. The summed E-state index contributed by atoms with van der Waals surface area (Å²) in [5.74, 6) is 0.732. The van der Waals surface area contributed by atoms with Gasteiger partial charge in [-0.05, 0) is 37.0 Å². The normalized spacial score (nSPS) is 39.1. The van der Waals surface area contributed by atoms with E-state index in [9.17, 15) is 0 Å². The summed E-state index contributed by atoms with van der Waals surface area (Å²) in [4.78, 5) is 5.52. The minimum atomic E-state index is 0.269. The minimum absolute atomic E-state index is 0.269. The molecule has 1 heterocycles. The molecule has 1 aliphatic heterocycles. The van der Waals surface area contributed by atoms with Crippen LogP contribution in [0.25, 0.3) is 0 Å². The summed E-state index contributed by atoms with van der Waals surface area (Å²) >= 11 is 0. The zero-order valence-electron chi connectivity index (χ0n) is 14.4. The Balaban J connectivity index is 1.64. The number of nitrogens with two attached hydrogens (primary N) is 1. The number of nitrogens with zero attached hydrogens (tertiary/aromatic N) is 2. The van der Waals surface area contributed by atoms with Gasteiger partial charge in [0.2, 0.25) is 0 Å². The maximum Gasteiger partial charge on any atom is 0.0363 e. The van der Waals surface area contributed by atoms with Crippen molar-refractivity contribution in [2.45, 2.75) is 70.9 Å². The lowest BCUT2D eigenvalue weighted by molar-refractivity contribution is 0.00185. The number of piperazine rings is 1. The van der Waals surface area contributed by atoms with E-state index in [2.05, 4.69) is 30.6 Å². The Kier molecular flexibility index (Phi) is 4.37. The summed E-state index contributed by atoms with van der Waals surface area (Å²) in [6, 6.07) is 0.887. The highest BCUT2D eigenvalue weighted by Gasteiger charge is 2.51. The van der Waals surface area contributed by atoms with Gasteiger partial charge in [-0.2, -0.15) is 0 Å². The summed E-state index contributed by atoms with van der Waals surface area (Å²) < 4.78 is 0. The molecule has 3 heteroatoms. The van der Waals surface area contributed by atoms with E-state index in [1.165, 1.54) is 64.7 Å². The standard InChI is InChI=1S/C18H35N3/c1-15-12-17(2,3)13-18(15,14-19)21-10-8-20(9-11-21)16-6-4-5-7-16/h15-16H,4-14,19H2,1-3H3. The lowest BCUT2D eigenvalue weighted by atomic mass is 9.84. The van der Waals surface area contributed by atoms with Crippen molar-refractivity contribution in [3.05, 3.63) is 0 Å². The molecule has 0 spiro atoms. The van der Waals surface area contributed by atoms with Crippen molar-refractivity contribution in [1.29, 1.82) is 0 Å². The van der Waals surface area contributed by atoms with E-state index in [-0.39, 0.29) is 5.54 Å². The van der Waals surface area contributed by atoms with Crippen molar-refractivity contribution in [1.82, 2.24) is 9.80 Å². The predicted molar refractivity (Wildman–Crippen MR) is 89.4 cm³/mol. The lowest BCUT2D eigenvalue weighted by Gasteiger charge is -2.49. The van der Waals surface area contributed by atoms with E-state index in [1.54, 1.807) is 0 Å². The van der Waals surface area contributed by atoms with Gasteiger partial charge in [-0.3, -0.25) is 9.80 Å². The molecule has 0 aromatic rings. The van der Waals surface area contributed by atoms with E-state index in [0.717, 1.165) is 18.5 Å². The topological polar surface area (TPSA) is 32.5 Å². The van der Waals surface area contributed by atoms with Crippen molar-refractivity contribution >= 4 is 0 Å². The molecule has 1 saturated heterocycles. The fourth-order valence-corrected chi connectivity index (χ4v) is 5.72. The van der Waals surface area contributed by atoms with Crippen LogP contribution in [0.1, 0.15) is 59.3 Å². The summed E-state index contributed by atoms with van der Waals surface area (Å²) in [6.45, 7) is 13.1. The third kappa shape index (κ3) is 2.89. The molecule has 21 heavy (non-hydrogen) atoms. The van der Waals surface area contributed by atoms with Gasteiger partial charge in [-0.25, -0.2) is 0 Å². The molecule has 2 saturated carbocycles. The second-order valence-electron chi connectivity index (χ2n) is 8.72. The molecule has 122 valence electrons. The number of hydrogen-bond acceptors (Lipinski definition) is 3. The van der Waals surface area contributed by atoms with Gasteiger partial charge in [0.05, 0.1) is 0 Å². The molecule has 3 nitrogen and oxygen atoms in total. The highest BCUT2D eigenvalue weighted by atomic mass is 15.3. The first-order chi connectivity index (χ1) is 9.97. The minimum Gasteiger partial charge on any atom is -0.329 e. The van der Waals surface area contributed by atoms with Crippen LogP contribution in [0.4, 0.5) is 0 Å². The van der Waals surface area contributed by atoms with Crippen LogP contribution < -0.4 is 5.73 Å². The molecule has 2 atom stereocenters. The smallest absolute Gasteiger partial charge is 0.0363 e. The fourth-order valence-electron chi connectivity index (χ4n) is 5.72. The van der Waals surface area contributed by atoms with Gasteiger partial charge in [0.1, 0.15) is 0 Å². The second kappa shape index (κ2) is 5.82. The zero-order chi connectivity index (χ0) is 15.1. The van der Waals surface area contributed by atoms with E-state index in [4.69, 9.17) is 5.73 Å². The zero-order valence-corrected chi connectivity index (χ0v) is 14.4. The molecule has 3 fully saturated rings. The predicted octanol–water partition coefficient (Wildman–Crippen LogP) is 2.70. The highest BCUT2D eigenvalue weighted by molar-refractivity contribution is 5.07. The summed E-state index contributed by atoms with van der Waals surface area (Å²) in [7, 11) is 0. The molecule has 0 amide bonds. The summed E-state index contributed by atoms with van der Waals surface area (Å²) in [5, 5.41) is 0. The molecule has 3 rings (SSSR count). The van der Waals surface area contributed by atoms with Crippen LogP contribution >= 0.6 is 0 Å². The van der Waals surface area contributed by atoms with E-state index >= 15 is 0 Å². The number of hydrogen-bond donors (Lipinski definition) is 1. The van der Waals surface area contributed by atoms with Gasteiger partial charge in [0, 0.05) is 44.3 Å². The van der Waals surface area contributed by atoms with Gasteiger partial charge in [0.25, 0.3) is 0 Å².